The molecule has 4 nitrogen and oxygen atoms in total. The molecule has 2 aromatic heterocycles. The zero-order valence-electron chi connectivity index (χ0n) is 14.0. The quantitative estimate of drug-likeness (QED) is 0.925. The van der Waals surface area contributed by atoms with E-state index in [1.54, 1.807) is 6.20 Å². The SMILES string of the molecule is O[C@H](c1ccccn1)C1CCN(Cc2nc3c(s2)CCCC3)CC1. The summed E-state index contributed by atoms with van der Waals surface area (Å²) in [6.07, 6.45) is 8.41. The summed E-state index contributed by atoms with van der Waals surface area (Å²) in [6.45, 7) is 3.06. The predicted octanol–water partition coefficient (Wildman–Crippen LogP) is 3.36. The zero-order chi connectivity index (χ0) is 16.4. The van der Waals surface area contributed by atoms with Gasteiger partial charge in [-0.05, 0) is 69.7 Å². The molecule has 1 aliphatic heterocycles. The maximum atomic E-state index is 10.5. The van der Waals surface area contributed by atoms with Gasteiger partial charge in [0.15, 0.2) is 0 Å². The lowest BCUT2D eigenvalue weighted by atomic mass is 9.89. The Morgan fingerprint density at radius 2 is 2.04 bits per heavy atom. The lowest BCUT2D eigenvalue weighted by molar-refractivity contribution is 0.0539. The number of fused-ring (bicyclic) bond motifs is 1. The Kier molecular flexibility index (Phi) is 4.92. The van der Waals surface area contributed by atoms with Crippen LogP contribution in [0.25, 0.3) is 0 Å². The van der Waals surface area contributed by atoms with Gasteiger partial charge in [0.05, 0.1) is 24.0 Å². The van der Waals surface area contributed by atoms with Crippen LogP contribution in [0.4, 0.5) is 0 Å². The largest absolute Gasteiger partial charge is 0.387 e. The number of aromatic nitrogens is 2. The Morgan fingerprint density at radius 1 is 1.21 bits per heavy atom. The Hall–Kier alpha value is -1.30. The van der Waals surface area contributed by atoms with Crippen LogP contribution in [0, 0.1) is 5.92 Å². The maximum absolute atomic E-state index is 10.5. The first-order valence-electron chi connectivity index (χ1n) is 9.08. The molecule has 0 radical (unpaired) electrons. The average molecular weight is 343 g/mol. The molecule has 2 aromatic rings. The standard InChI is InChI=1S/C19H25N3OS/c23-19(16-6-3-4-10-20-16)14-8-11-22(12-9-14)13-18-21-15-5-1-2-7-17(15)24-18/h3-4,6,10,14,19,23H,1-2,5,7-9,11-13H2/t19-/m0/s1. The van der Waals surface area contributed by atoms with Gasteiger partial charge in [-0.15, -0.1) is 11.3 Å². The molecule has 24 heavy (non-hydrogen) atoms. The van der Waals surface area contributed by atoms with E-state index in [9.17, 15) is 5.11 Å². The van der Waals surface area contributed by atoms with Gasteiger partial charge in [0.25, 0.3) is 0 Å². The fourth-order valence-electron chi connectivity index (χ4n) is 3.88. The summed E-state index contributed by atoms with van der Waals surface area (Å²) in [5.41, 5.74) is 2.17. The molecule has 4 rings (SSSR count). The normalized spacial score (nSPS) is 20.7. The van der Waals surface area contributed by atoms with E-state index < -0.39 is 6.10 Å². The van der Waals surface area contributed by atoms with Crippen LogP contribution in [-0.4, -0.2) is 33.1 Å². The highest BCUT2D eigenvalue weighted by Crippen LogP contribution is 2.31. The first-order chi connectivity index (χ1) is 11.8. The Labute approximate surface area is 147 Å². The van der Waals surface area contributed by atoms with Crippen molar-refractivity contribution in [1.82, 2.24) is 14.9 Å². The van der Waals surface area contributed by atoms with E-state index in [0.717, 1.165) is 38.2 Å². The van der Waals surface area contributed by atoms with E-state index in [0.29, 0.717) is 5.92 Å². The van der Waals surface area contributed by atoms with E-state index >= 15 is 0 Å². The fraction of sp³-hybridized carbons (Fsp3) is 0.579. The van der Waals surface area contributed by atoms with Crippen molar-refractivity contribution >= 4 is 11.3 Å². The Balaban J connectivity index is 1.32. The zero-order valence-corrected chi connectivity index (χ0v) is 14.8. The molecule has 0 saturated carbocycles. The minimum Gasteiger partial charge on any atom is -0.387 e. The summed E-state index contributed by atoms with van der Waals surface area (Å²) in [5.74, 6) is 0.320. The number of hydrogen-bond donors (Lipinski definition) is 1. The molecule has 0 amide bonds. The van der Waals surface area contributed by atoms with Gasteiger partial charge in [0.1, 0.15) is 5.01 Å². The molecular formula is C19H25N3OS. The summed E-state index contributed by atoms with van der Waals surface area (Å²) in [6, 6.07) is 5.77. The average Bonchev–Trinajstić information content (AvgIpc) is 3.05. The van der Waals surface area contributed by atoms with E-state index in [2.05, 4.69) is 9.88 Å². The molecule has 1 N–H and O–H groups in total. The molecule has 1 saturated heterocycles. The number of rotatable bonds is 4. The number of piperidine rings is 1. The number of nitrogens with zero attached hydrogens (tertiary/aromatic N) is 3. The number of aryl methyl sites for hydroxylation is 2. The van der Waals surface area contributed by atoms with Crippen LogP contribution in [0.3, 0.4) is 0 Å². The topological polar surface area (TPSA) is 49.3 Å². The van der Waals surface area contributed by atoms with Gasteiger partial charge < -0.3 is 5.11 Å². The number of aliphatic hydroxyl groups excluding tert-OH is 1. The molecule has 0 unspecified atom stereocenters. The number of thiazole rings is 1. The van der Waals surface area contributed by atoms with E-state index in [-0.39, 0.29) is 0 Å². The van der Waals surface area contributed by atoms with E-state index in [4.69, 9.17) is 4.98 Å². The molecule has 0 bridgehead atoms. The number of aliphatic hydroxyl groups is 1. The highest BCUT2D eigenvalue weighted by molar-refractivity contribution is 7.11. The summed E-state index contributed by atoms with van der Waals surface area (Å²) >= 11 is 1.92. The molecule has 5 heteroatoms. The van der Waals surface area contributed by atoms with Crippen molar-refractivity contribution in [1.29, 1.82) is 0 Å². The van der Waals surface area contributed by atoms with Gasteiger partial charge in [0.2, 0.25) is 0 Å². The first kappa shape index (κ1) is 16.2. The summed E-state index contributed by atoms with van der Waals surface area (Å²) in [7, 11) is 0. The maximum Gasteiger partial charge on any atom is 0.107 e. The molecule has 1 aliphatic carbocycles. The van der Waals surface area contributed by atoms with Gasteiger partial charge in [0, 0.05) is 11.1 Å². The van der Waals surface area contributed by atoms with Gasteiger partial charge in [-0.1, -0.05) is 6.07 Å². The molecule has 2 aliphatic rings. The second-order valence-electron chi connectivity index (χ2n) is 7.00. The highest BCUT2D eigenvalue weighted by Gasteiger charge is 2.27. The molecule has 0 aromatic carbocycles. The lowest BCUT2D eigenvalue weighted by Crippen LogP contribution is -2.35. The van der Waals surface area contributed by atoms with E-state index in [1.807, 2.05) is 29.5 Å². The van der Waals surface area contributed by atoms with Crippen molar-refractivity contribution in [2.75, 3.05) is 13.1 Å². The molecule has 128 valence electrons. The second kappa shape index (κ2) is 7.30. The number of hydrogen-bond acceptors (Lipinski definition) is 5. The predicted molar refractivity (Wildman–Crippen MR) is 96.0 cm³/mol. The fourth-order valence-corrected chi connectivity index (χ4v) is 5.08. The lowest BCUT2D eigenvalue weighted by Gasteiger charge is -2.33. The van der Waals surface area contributed by atoms with Crippen LogP contribution in [0.15, 0.2) is 24.4 Å². The van der Waals surface area contributed by atoms with Crippen molar-refractivity contribution in [2.45, 2.75) is 51.2 Å². The smallest absolute Gasteiger partial charge is 0.107 e. The van der Waals surface area contributed by atoms with Crippen molar-refractivity contribution in [3.63, 3.8) is 0 Å². The number of likely N-dealkylation sites (tertiary alicyclic amines) is 1. The summed E-state index contributed by atoms with van der Waals surface area (Å²) < 4.78 is 0. The van der Waals surface area contributed by atoms with Gasteiger partial charge in [-0.25, -0.2) is 4.98 Å². The Morgan fingerprint density at radius 3 is 2.79 bits per heavy atom. The van der Waals surface area contributed by atoms with E-state index in [1.165, 1.54) is 41.3 Å². The molecule has 1 atom stereocenters. The van der Waals surface area contributed by atoms with Gasteiger partial charge in [-0.3, -0.25) is 9.88 Å². The highest BCUT2D eigenvalue weighted by atomic mass is 32.1. The third-order valence-electron chi connectivity index (χ3n) is 5.32. The molecular weight excluding hydrogens is 318 g/mol. The van der Waals surface area contributed by atoms with Crippen LogP contribution in [-0.2, 0) is 19.4 Å². The van der Waals surface area contributed by atoms with Crippen LogP contribution in [0.1, 0.15) is 53.1 Å². The summed E-state index contributed by atoms with van der Waals surface area (Å²) in [5, 5.41) is 11.8. The van der Waals surface area contributed by atoms with Crippen LogP contribution >= 0.6 is 11.3 Å². The minimum absolute atomic E-state index is 0.320. The first-order valence-corrected chi connectivity index (χ1v) is 9.90. The van der Waals surface area contributed by atoms with Crippen molar-refractivity contribution in [3.05, 3.63) is 45.7 Å². The second-order valence-corrected chi connectivity index (χ2v) is 8.17. The van der Waals surface area contributed by atoms with Gasteiger partial charge in [-0.2, -0.15) is 0 Å². The van der Waals surface area contributed by atoms with Crippen LogP contribution in [0.2, 0.25) is 0 Å². The third-order valence-corrected chi connectivity index (χ3v) is 6.46. The van der Waals surface area contributed by atoms with Crippen LogP contribution < -0.4 is 0 Å². The minimum atomic E-state index is -0.430. The summed E-state index contributed by atoms with van der Waals surface area (Å²) in [4.78, 5) is 13.2. The third kappa shape index (κ3) is 3.53. The molecule has 3 heterocycles. The Bertz CT molecular complexity index is 641. The van der Waals surface area contributed by atoms with Crippen molar-refractivity contribution < 1.29 is 5.11 Å². The number of pyridine rings is 1. The van der Waals surface area contributed by atoms with Crippen molar-refractivity contribution in [2.24, 2.45) is 5.92 Å². The molecule has 0 spiro atoms. The molecule has 1 fully saturated rings. The van der Waals surface area contributed by atoms with Crippen molar-refractivity contribution in [3.8, 4) is 0 Å². The monoisotopic (exact) mass is 343 g/mol. The van der Waals surface area contributed by atoms with Gasteiger partial charge >= 0.3 is 0 Å². The van der Waals surface area contributed by atoms with Crippen LogP contribution in [0.5, 0.6) is 0 Å².